The molecule has 0 radical (unpaired) electrons. The van der Waals surface area contributed by atoms with E-state index < -0.39 is 6.36 Å². The summed E-state index contributed by atoms with van der Waals surface area (Å²) in [6, 6.07) is 2.98. The number of pyridine rings is 1. The van der Waals surface area contributed by atoms with Crippen molar-refractivity contribution in [2.24, 2.45) is 11.3 Å². The van der Waals surface area contributed by atoms with Crippen LogP contribution in [0.5, 0.6) is 5.75 Å². The van der Waals surface area contributed by atoms with E-state index in [1.807, 2.05) is 0 Å². The van der Waals surface area contributed by atoms with E-state index in [-0.39, 0.29) is 23.3 Å². The molecular weight excluding hydrogens is 285 g/mol. The Morgan fingerprint density at radius 1 is 1.38 bits per heavy atom. The molecule has 1 saturated carbocycles. The van der Waals surface area contributed by atoms with Crippen molar-refractivity contribution in [3.05, 3.63) is 18.3 Å². The van der Waals surface area contributed by atoms with E-state index in [1.165, 1.54) is 12.1 Å². The van der Waals surface area contributed by atoms with E-state index in [0.29, 0.717) is 11.7 Å². The predicted octanol–water partition coefficient (Wildman–Crippen LogP) is 3.21. The summed E-state index contributed by atoms with van der Waals surface area (Å²) in [4.78, 5) is 3.99. The maximum Gasteiger partial charge on any atom is 0.573 e. The highest BCUT2D eigenvalue weighted by atomic mass is 19.4. The highest BCUT2D eigenvalue weighted by Crippen LogP contribution is 2.53. The molecule has 1 saturated heterocycles. The predicted molar refractivity (Wildman–Crippen MR) is 70.0 cm³/mol. The minimum absolute atomic E-state index is 0.00993. The number of aromatic nitrogens is 1. The van der Waals surface area contributed by atoms with Gasteiger partial charge in [0.2, 0.25) is 0 Å². The van der Waals surface area contributed by atoms with Gasteiger partial charge in [0.05, 0.1) is 12.3 Å². The highest BCUT2D eigenvalue weighted by molar-refractivity contribution is 5.41. The molecule has 1 aromatic rings. The number of alkyl halides is 3. The van der Waals surface area contributed by atoms with Crippen molar-refractivity contribution < 1.29 is 22.6 Å². The van der Waals surface area contributed by atoms with Gasteiger partial charge in [0.25, 0.3) is 0 Å². The summed E-state index contributed by atoms with van der Waals surface area (Å²) >= 11 is 0. The summed E-state index contributed by atoms with van der Waals surface area (Å²) < 4.78 is 45.8. The number of rotatable bonds is 3. The van der Waals surface area contributed by atoms with Crippen LogP contribution in [-0.2, 0) is 4.74 Å². The SMILES string of the molecule is CC1(C)C(Nc2ccc(OC(F)(F)F)cn2)C2CCOC21. The normalized spacial score (nSPS) is 30.4. The Bertz CT molecular complexity index is 516. The molecule has 0 aromatic carbocycles. The third kappa shape index (κ3) is 2.66. The molecule has 7 heteroatoms. The zero-order valence-corrected chi connectivity index (χ0v) is 11.8. The van der Waals surface area contributed by atoms with Gasteiger partial charge in [-0.25, -0.2) is 4.98 Å². The molecule has 0 amide bonds. The molecule has 2 fully saturated rings. The molecule has 21 heavy (non-hydrogen) atoms. The average Bonchev–Trinajstić information content (AvgIpc) is 2.83. The molecule has 1 aliphatic carbocycles. The van der Waals surface area contributed by atoms with E-state index in [4.69, 9.17) is 4.74 Å². The standard InChI is InChI=1S/C14H17F3N2O2/c1-13(2)11(9-5-6-20-12(9)13)19-10-4-3-8(7-18-10)21-14(15,16)17/h3-4,7,9,11-12H,5-6H2,1-2H3,(H,18,19). The second-order valence-corrected chi connectivity index (χ2v) is 6.11. The molecule has 1 N–H and O–H groups in total. The van der Waals surface area contributed by atoms with Crippen LogP contribution in [0.1, 0.15) is 20.3 Å². The first kappa shape index (κ1) is 14.4. The monoisotopic (exact) mass is 302 g/mol. The largest absolute Gasteiger partial charge is 0.573 e. The minimum atomic E-state index is -4.69. The number of fused-ring (bicyclic) bond motifs is 1. The molecule has 2 aliphatic rings. The number of anilines is 1. The van der Waals surface area contributed by atoms with Gasteiger partial charge in [-0.1, -0.05) is 13.8 Å². The molecule has 1 aliphatic heterocycles. The van der Waals surface area contributed by atoms with Gasteiger partial charge in [0.15, 0.2) is 0 Å². The summed E-state index contributed by atoms with van der Waals surface area (Å²) in [6.07, 6.45) is -2.37. The molecule has 1 aromatic heterocycles. The van der Waals surface area contributed by atoms with Crippen molar-refractivity contribution >= 4 is 5.82 Å². The van der Waals surface area contributed by atoms with Crippen molar-refractivity contribution in [1.29, 1.82) is 0 Å². The maximum atomic E-state index is 12.1. The van der Waals surface area contributed by atoms with Crippen LogP contribution in [0, 0.1) is 11.3 Å². The fourth-order valence-corrected chi connectivity index (χ4v) is 3.44. The number of ether oxygens (including phenoxy) is 2. The smallest absolute Gasteiger partial charge is 0.404 e. The second kappa shape index (κ2) is 4.76. The summed E-state index contributed by atoms with van der Waals surface area (Å²) in [6.45, 7) is 5.01. The first-order valence-corrected chi connectivity index (χ1v) is 6.87. The van der Waals surface area contributed by atoms with E-state index in [9.17, 15) is 13.2 Å². The Hall–Kier alpha value is -1.50. The summed E-state index contributed by atoms with van der Waals surface area (Å²) in [5.41, 5.74) is -0.00993. The number of nitrogens with zero attached hydrogens (tertiary/aromatic N) is 1. The fraction of sp³-hybridized carbons (Fsp3) is 0.643. The van der Waals surface area contributed by atoms with Crippen LogP contribution in [0.25, 0.3) is 0 Å². The lowest BCUT2D eigenvalue weighted by molar-refractivity contribution is -0.274. The topological polar surface area (TPSA) is 43.4 Å². The van der Waals surface area contributed by atoms with Crippen LogP contribution in [0.3, 0.4) is 0 Å². The van der Waals surface area contributed by atoms with Crippen molar-refractivity contribution in [3.8, 4) is 5.75 Å². The van der Waals surface area contributed by atoms with E-state index in [1.54, 1.807) is 0 Å². The molecule has 3 unspecified atom stereocenters. The van der Waals surface area contributed by atoms with Gasteiger partial charge >= 0.3 is 6.36 Å². The van der Waals surface area contributed by atoms with Crippen LogP contribution in [0.15, 0.2) is 18.3 Å². The van der Waals surface area contributed by atoms with Gasteiger partial charge in [0, 0.05) is 24.0 Å². The van der Waals surface area contributed by atoms with Gasteiger partial charge in [-0.05, 0) is 18.6 Å². The zero-order valence-electron chi connectivity index (χ0n) is 11.8. The second-order valence-electron chi connectivity index (χ2n) is 6.11. The Morgan fingerprint density at radius 2 is 2.14 bits per heavy atom. The number of halogens is 3. The van der Waals surface area contributed by atoms with Crippen molar-refractivity contribution in [1.82, 2.24) is 4.98 Å². The first-order chi connectivity index (χ1) is 9.77. The maximum absolute atomic E-state index is 12.1. The Balaban J connectivity index is 1.66. The van der Waals surface area contributed by atoms with Gasteiger partial charge in [0.1, 0.15) is 11.6 Å². The Labute approximate surface area is 120 Å². The molecule has 0 spiro atoms. The van der Waals surface area contributed by atoms with E-state index >= 15 is 0 Å². The quantitative estimate of drug-likeness (QED) is 0.931. The van der Waals surface area contributed by atoms with Crippen LogP contribution >= 0.6 is 0 Å². The third-order valence-electron chi connectivity index (χ3n) is 4.37. The summed E-state index contributed by atoms with van der Waals surface area (Å²) in [7, 11) is 0. The molecule has 3 rings (SSSR count). The Kier molecular flexibility index (Phi) is 3.27. The van der Waals surface area contributed by atoms with Gasteiger partial charge in [-0.3, -0.25) is 0 Å². The summed E-state index contributed by atoms with van der Waals surface area (Å²) in [5.74, 6) is 0.670. The highest BCUT2D eigenvalue weighted by Gasteiger charge is 2.59. The molecule has 0 bridgehead atoms. The molecule has 4 nitrogen and oxygen atoms in total. The third-order valence-corrected chi connectivity index (χ3v) is 4.37. The first-order valence-electron chi connectivity index (χ1n) is 6.87. The minimum Gasteiger partial charge on any atom is -0.404 e. The van der Waals surface area contributed by atoms with Crippen LogP contribution in [0.4, 0.5) is 19.0 Å². The van der Waals surface area contributed by atoms with Crippen LogP contribution in [0.2, 0.25) is 0 Å². The number of hydrogen-bond acceptors (Lipinski definition) is 4. The van der Waals surface area contributed by atoms with E-state index in [2.05, 4.69) is 28.9 Å². The van der Waals surface area contributed by atoms with Crippen LogP contribution in [-0.4, -0.2) is 30.1 Å². The molecule has 116 valence electrons. The van der Waals surface area contributed by atoms with Crippen molar-refractivity contribution in [2.75, 3.05) is 11.9 Å². The van der Waals surface area contributed by atoms with Gasteiger partial charge < -0.3 is 14.8 Å². The molecule has 2 heterocycles. The van der Waals surface area contributed by atoms with Gasteiger partial charge in [-0.2, -0.15) is 0 Å². The lowest BCUT2D eigenvalue weighted by atomic mass is 9.57. The van der Waals surface area contributed by atoms with Gasteiger partial charge in [-0.15, -0.1) is 13.2 Å². The Morgan fingerprint density at radius 3 is 2.76 bits per heavy atom. The fourth-order valence-electron chi connectivity index (χ4n) is 3.44. The number of hydrogen-bond donors (Lipinski definition) is 1. The van der Waals surface area contributed by atoms with Crippen LogP contribution < -0.4 is 10.1 Å². The average molecular weight is 302 g/mol. The lowest BCUT2D eigenvalue weighted by Crippen LogP contribution is -2.63. The van der Waals surface area contributed by atoms with E-state index in [0.717, 1.165) is 19.2 Å². The summed E-state index contributed by atoms with van der Waals surface area (Å²) in [5, 5.41) is 3.30. The van der Waals surface area contributed by atoms with Crippen molar-refractivity contribution in [2.45, 2.75) is 38.8 Å². The number of nitrogens with one attached hydrogen (secondary N) is 1. The zero-order chi connectivity index (χ0) is 15.3. The molecular formula is C14H17F3N2O2. The molecule has 3 atom stereocenters. The van der Waals surface area contributed by atoms with Crippen molar-refractivity contribution in [3.63, 3.8) is 0 Å². The lowest BCUT2D eigenvalue weighted by Gasteiger charge is -2.54.